The molecule has 0 atom stereocenters. The fourth-order valence-electron chi connectivity index (χ4n) is 1.89. The van der Waals surface area contributed by atoms with Crippen molar-refractivity contribution >= 4 is 23.5 Å². The average Bonchev–Trinajstić information content (AvgIpc) is 2.76. The average molecular weight is 249 g/mol. The van der Waals surface area contributed by atoms with Crippen LogP contribution in [0.5, 0.6) is 0 Å². The molecule has 2 aromatic rings. The van der Waals surface area contributed by atoms with Gasteiger partial charge in [-0.05, 0) is 11.6 Å². The summed E-state index contributed by atoms with van der Waals surface area (Å²) in [5.74, 6) is -0.216. The molecular formula is C15H11N3O. The zero-order valence-electron chi connectivity index (χ0n) is 10.1. The summed E-state index contributed by atoms with van der Waals surface area (Å²) >= 11 is 0. The van der Waals surface area contributed by atoms with E-state index in [0.717, 1.165) is 16.8 Å². The number of fused-ring (bicyclic) bond motifs is 1. The second kappa shape index (κ2) is 4.86. The number of hydrogen-bond donors (Lipinski definition) is 1. The Morgan fingerprint density at radius 1 is 0.947 bits per heavy atom. The summed E-state index contributed by atoms with van der Waals surface area (Å²) in [7, 11) is 0. The van der Waals surface area contributed by atoms with Crippen molar-refractivity contribution in [2.45, 2.75) is 0 Å². The number of carbonyl (C=O) groups excluding carboxylic acids is 1. The van der Waals surface area contributed by atoms with Crippen LogP contribution in [0.2, 0.25) is 0 Å². The maximum atomic E-state index is 11.8. The Kier molecular flexibility index (Phi) is 2.90. The van der Waals surface area contributed by atoms with E-state index in [-0.39, 0.29) is 5.91 Å². The molecule has 1 N–H and O–H groups in total. The number of nitrogens with one attached hydrogen (secondary N) is 1. The molecule has 0 bridgehead atoms. The quantitative estimate of drug-likeness (QED) is 0.645. The van der Waals surface area contributed by atoms with Gasteiger partial charge in [0.1, 0.15) is 0 Å². The van der Waals surface area contributed by atoms with E-state index >= 15 is 0 Å². The first-order chi connectivity index (χ1) is 9.34. The van der Waals surface area contributed by atoms with Gasteiger partial charge in [0.2, 0.25) is 0 Å². The van der Waals surface area contributed by atoms with Crippen molar-refractivity contribution in [3.8, 4) is 0 Å². The molecular weight excluding hydrogens is 238 g/mol. The zero-order valence-corrected chi connectivity index (χ0v) is 10.1. The van der Waals surface area contributed by atoms with Gasteiger partial charge < -0.3 is 5.32 Å². The van der Waals surface area contributed by atoms with Crippen molar-refractivity contribution in [3.05, 3.63) is 65.7 Å². The number of anilines is 1. The normalized spacial score (nSPS) is 15.8. The number of hydrogen-bond acceptors (Lipinski definition) is 3. The summed E-state index contributed by atoms with van der Waals surface area (Å²) in [6.07, 6.45) is 1.63. The summed E-state index contributed by atoms with van der Waals surface area (Å²) in [6.45, 7) is 0. The zero-order chi connectivity index (χ0) is 13.1. The number of nitrogens with zero attached hydrogens (tertiary/aromatic N) is 2. The Bertz CT molecular complexity index is 675. The molecule has 4 nitrogen and oxygen atoms in total. The maximum Gasteiger partial charge on any atom is 0.276 e. The molecule has 1 amide bonds. The molecule has 1 aliphatic rings. The molecule has 1 aliphatic heterocycles. The van der Waals surface area contributed by atoms with E-state index in [9.17, 15) is 4.79 Å². The summed E-state index contributed by atoms with van der Waals surface area (Å²) in [4.78, 5) is 11.8. The van der Waals surface area contributed by atoms with Crippen molar-refractivity contribution in [3.63, 3.8) is 0 Å². The van der Waals surface area contributed by atoms with Gasteiger partial charge in [-0.2, -0.15) is 5.10 Å². The van der Waals surface area contributed by atoms with Crippen molar-refractivity contribution in [1.82, 2.24) is 0 Å². The third-order valence-electron chi connectivity index (χ3n) is 2.81. The van der Waals surface area contributed by atoms with Gasteiger partial charge in [0, 0.05) is 5.56 Å². The fourth-order valence-corrected chi connectivity index (χ4v) is 1.89. The molecule has 0 aliphatic carbocycles. The molecule has 0 radical (unpaired) electrons. The Morgan fingerprint density at radius 2 is 1.68 bits per heavy atom. The van der Waals surface area contributed by atoms with E-state index < -0.39 is 0 Å². The van der Waals surface area contributed by atoms with Gasteiger partial charge in [-0.1, -0.05) is 48.5 Å². The lowest BCUT2D eigenvalue weighted by Gasteiger charge is -1.93. The second-order valence-corrected chi connectivity index (χ2v) is 4.10. The minimum atomic E-state index is -0.216. The predicted octanol–water partition coefficient (Wildman–Crippen LogP) is 2.46. The fraction of sp³-hybridized carbons (Fsp3) is 0. The van der Waals surface area contributed by atoms with E-state index in [1.54, 1.807) is 6.21 Å². The van der Waals surface area contributed by atoms with Crippen LogP contribution in [-0.4, -0.2) is 17.8 Å². The van der Waals surface area contributed by atoms with Crippen LogP contribution in [0.4, 0.5) is 5.69 Å². The van der Waals surface area contributed by atoms with Crippen LogP contribution in [0.1, 0.15) is 11.1 Å². The number of rotatable bonds is 2. The van der Waals surface area contributed by atoms with Crippen LogP contribution in [0.25, 0.3) is 0 Å². The summed E-state index contributed by atoms with van der Waals surface area (Å²) in [5, 5.41) is 10.7. The Balaban J connectivity index is 1.89. The molecule has 0 fully saturated rings. The summed E-state index contributed by atoms with van der Waals surface area (Å²) in [6, 6.07) is 17.1. The van der Waals surface area contributed by atoms with Crippen LogP contribution in [-0.2, 0) is 4.79 Å². The third-order valence-corrected chi connectivity index (χ3v) is 2.81. The predicted molar refractivity (Wildman–Crippen MR) is 75.6 cm³/mol. The highest BCUT2D eigenvalue weighted by molar-refractivity contribution is 6.53. The first-order valence-corrected chi connectivity index (χ1v) is 5.91. The molecule has 0 saturated carbocycles. The highest BCUT2D eigenvalue weighted by Crippen LogP contribution is 2.22. The lowest BCUT2D eigenvalue weighted by atomic mass is 10.1. The molecule has 92 valence electrons. The first kappa shape index (κ1) is 11.3. The molecule has 3 rings (SSSR count). The molecule has 0 unspecified atom stereocenters. The number of amides is 1. The molecule has 0 saturated heterocycles. The second-order valence-electron chi connectivity index (χ2n) is 4.10. The molecule has 0 spiro atoms. The van der Waals surface area contributed by atoms with Gasteiger partial charge in [0.05, 0.1) is 11.9 Å². The van der Waals surface area contributed by atoms with Gasteiger partial charge in [-0.25, -0.2) is 0 Å². The van der Waals surface area contributed by atoms with Crippen molar-refractivity contribution in [2.24, 2.45) is 10.2 Å². The van der Waals surface area contributed by atoms with Crippen molar-refractivity contribution in [2.75, 3.05) is 5.32 Å². The topological polar surface area (TPSA) is 53.8 Å². The Hall–Kier alpha value is -2.75. The first-order valence-electron chi connectivity index (χ1n) is 5.91. The van der Waals surface area contributed by atoms with Crippen LogP contribution >= 0.6 is 0 Å². The van der Waals surface area contributed by atoms with E-state index in [2.05, 4.69) is 15.5 Å². The number of para-hydroxylation sites is 1. The minimum absolute atomic E-state index is 0.216. The Labute approximate surface area is 110 Å². The van der Waals surface area contributed by atoms with Crippen molar-refractivity contribution < 1.29 is 4.79 Å². The van der Waals surface area contributed by atoms with Gasteiger partial charge in [-0.15, -0.1) is 5.10 Å². The molecule has 0 aromatic heterocycles. The lowest BCUT2D eigenvalue weighted by Crippen LogP contribution is -2.13. The van der Waals surface area contributed by atoms with Crippen LogP contribution in [0.15, 0.2) is 64.8 Å². The smallest absolute Gasteiger partial charge is 0.276 e. The third kappa shape index (κ3) is 2.28. The van der Waals surface area contributed by atoms with E-state index in [4.69, 9.17) is 0 Å². The van der Waals surface area contributed by atoms with E-state index in [0.29, 0.717) is 5.71 Å². The van der Waals surface area contributed by atoms with Crippen LogP contribution in [0, 0.1) is 0 Å². The monoisotopic (exact) mass is 249 g/mol. The largest absolute Gasteiger partial charge is 0.320 e. The van der Waals surface area contributed by atoms with E-state index in [1.165, 1.54) is 0 Å². The Morgan fingerprint density at radius 3 is 2.53 bits per heavy atom. The number of carbonyl (C=O) groups is 1. The lowest BCUT2D eigenvalue weighted by molar-refractivity contribution is -0.110. The van der Waals surface area contributed by atoms with Gasteiger partial charge in [-0.3, -0.25) is 4.79 Å². The van der Waals surface area contributed by atoms with Gasteiger partial charge in [0.15, 0.2) is 5.71 Å². The highest BCUT2D eigenvalue weighted by atomic mass is 16.2. The standard InChI is InChI=1S/C15H11N3O/c19-15-14(12-8-4-5-9-13(12)17-15)18-16-10-11-6-2-1-3-7-11/h1-10H,(H,17,18,19)/b16-10-. The van der Waals surface area contributed by atoms with Gasteiger partial charge >= 0.3 is 0 Å². The minimum Gasteiger partial charge on any atom is -0.320 e. The molecule has 1 heterocycles. The van der Waals surface area contributed by atoms with Crippen molar-refractivity contribution in [1.29, 1.82) is 0 Å². The van der Waals surface area contributed by atoms with Crippen LogP contribution in [0.3, 0.4) is 0 Å². The summed E-state index contributed by atoms with van der Waals surface area (Å²) < 4.78 is 0. The maximum absolute atomic E-state index is 11.8. The summed E-state index contributed by atoms with van der Waals surface area (Å²) in [5.41, 5.74) is 2.86. The molecule has 19 heavy (non-hydrogen) atoms. The number of benzene rings is 2. The highest BCUT2D eigenvalue weighted by Gasteiger charge is 2.25. The van der Waals surface area contributed by atoms with Crippen LogP contribution < -0.4 is 5.32 Å². The van der Waals surface area contributed by atoms with E-state index in [1.807, 2.05) is 54.6 Å². The SMILES string of the molecule is O=C1Nc2ccccc2/C1=N/N=C\c1ccccc1. The van der Waals surface area contributed by atoms with Gasteiger partial charge in [0.25, 0.3) is 5.91 Å². The molecule has 4 heteroatoms. The molecule has 2 aromatic carbocycles.